The number of carboxylic acid groups (broad SMARTS) is 1. The van der Waals surface area contributed by atoms with E-state index in [1.807, 2.05) is 4.57 Å². The zero-order chi connectivity index (χ0) is 9.26. The standard InChI is InChI=1S/C8H10N2O3/c11-8(12)3-6-7-4-13-2-1-10(7)5-9-6/h5H,1-4H2,(H,11,12). The van der Waals surface area contributed by atoms with Crippen molar-refractivity contribution in [1.29, 1.82) is 0 Å². The van der Waals surface area contributed by atoms with Gasteiger partial charge in [-0.25, -0.2) is 4.98 Å². The molecule has 1 aromatic rings. The van der Waals surface area contributed by atoms with Crippen LogP contribution in [0.25, 0.3) is 0 Å². The fourth-order valence-electron chi connectivity index (χ4n) is 1.43. The van der Waals surface area contributed by atoms with E-state index in [0.29, 0.717) is 18.9 Å². The number of hydrogen-bond acceptors (Lipinski definition) is 3. The molecule has 0 atom stereocenters. The van der Waals surface area contributed by atoms with Crippen molar-refractivity contribution in [2.75, 3.05) is 6.61 Å². The van der Waals surface area contributed by atoms with E-state index in [2.05, 4.69) is 4.98 Å². The molecule has 0 aliphatic carbocycles. The van der Waals surface area contributed by atoms with Crippen LogP contribution in [0.1, 0.15) is 11.4 Å². The van der Waals surface area contributed by atoms with Crippen LogP contribution in [0.3, 0.4) is 0 Å². The van der Waals surface area contributed by atoms with Gasteiger partial charge in [0, 0.05) is 6.54 Å². The Bertz CT molecular complexity index is 332. The molecule has 2 heterocycles. The lowest BCUT2D eigenvalue weighted by molar-refractivity contribution is -0.136. The molecule has 5 heteroatoms. The number of aromatic nitrogens is 2. The summed E-state index contributed by atoms with van der Waals surface area (Å²) >= 11 is 0. The van der Waals surface area contributed by atoms with Gasteiger partial charge >= 0.3 is 5.97 Å². The van der Waals surface area contributed by atoms with Crippen LogP contribution in [-0.2, 0) is 29.1 Å². The quantitative estimate of drug-likeness (QED) is 0.701. The van der Waals surface area contributed by atoms with Crippen LogP contribution in [0.15, 0.2) is 6.33 Å². The van der Waals surface area contributed by atoms with E-state index in [1.54, 1.807) is 6.33 Å². The van der Waals surface area contributed by atoms with Crippen molar-refractivity contribution >= 4 is 5.97 Å². The van der Waals surface area contributed by atoms with Crippen molar-refractivity contribution in [3.05, 3.63) is 17.7 Å². The number of ether oxygens (including phenoxy) is 1. The Hall–Kier alpha value is -1.36. The lowest BCUT2D eigenvalue weighted by Crippen LogP contribution is -2.17. The molecule has 0 bridgehead atoms. The number of hydrogen-bond donors (Lipinski definition) is 1. The van der Waals surface area contributed by atoms with Gasteiger partial charge in [0.05, 0.1) is 37.3 Å². The van der Waals surface area contributed by atoms with Gasteiger partial charge in [-0.3, -0.25) is 4.79 Å². The molecule has 0 amide bonds. The van der Waals surface area contributed by atoms with Crippen molar-refractivity contribution in [1.82, 2.24) is 9.55 Å². The molecule has 0 radical (unpaired) electrons. The number of aliphatic carboxylic acids is 1. The first-order valence-corrected chi connectivity index (χ1v) is 4.10. The van der Waals surface area contributed by atoms with E-state index in [4.69, 9.17) is 9.84 Å². The van der Waals surface area contributed by atoms with Gasteiger partial charge in [-0.2, -0.15) is 0 Å². The smallest absolute Gasteiger partial charge is 0.309 e. The maximum Gasteiger partial charge on any atom is 0.309 e. The lowest BCUT2D eigenvalue weighted by Gasteiger charge is -2.15. The first-order valence-electron chi connectivity index (χ1n) is 4.10. The van der Waals surface area contributed by atoms with Crippen molar-refractivity contribution in [2.45, 2.75) is 19.6 Å². The summed E-state index contributed by atoms with van der Waals surface area (Å²) in [6, 6.07) is 0. The van der Waals surface area contributed by atoms with Crippen molar-refractivity contribution in [2.24, 2.45) is 0 Å². The first kappa shape index (κ1) is 8.25. The van der Waals surface area contributed by atoms with Crippen LogP contribution in [0.4, 0.5) is 0 Å². The normalized spacial score (nSPS) is 15.4. The van der Waals surface area contributed by atoms with E-state index < -0.39 is 5.97 Å². The summed E-state index contributed by atoms with van der Waals surface area (Å²) in [5.74, 6) is -0.855. The highest BCUT2D eigenvalue weighted by Crippen LogP contribution is 2.13. The highest BCUT2D eigenvalue weighted by Gasteiger charge is 2.16. The molecule has 1 aliphatic heterocycles. The predicted octanol–water partition coefficient (Wildman–Crippen LogP) is 0.0404. The van der Waals surface area contributed by atoms with Crippen LogP contribution < -0.4 is 0 Å². The van der Waals surface area contributed by atoms with Crippen LogP contribution in [-0.4, -0.2) is 27.2 Å². The van der Waals surface area contributed by atoms with Crippen molar-refractivity contribution in [3.63, 3.8) is 0 Å². The monoisotopic (exact) mass is 182 g/mol. The van der Waals surface area contributed by atoms with Gasteiger partial charge in [0.15, 0.2) is 0 Å². The first-order chi connectivity index (χ1) is 6.27. The average Bonchev–Trinajstić information content (AvgIpc) is 2.48. The molecule has 0 aromatic carbocycles. The van der Waals surface area contributed by atoms with Crippen molar-refractivity contribution in [3.8, 4) is 0 Å². The third kappa shape index (κ3) is 1.55. The van der Waals surface area contributed by atoms with E-state index in [1.165, 1.54) is 0 Å². The fraction of sp³-hybridized carbons (Fsp3) is 0.500. The maximum atomic E-state index is 10.5. The van der Waals surface area contributed by atoms with Gasteiger partial charge in [-0.05, 0) is 0 Å². The SMILES string of the molecule is O=C(O)Cc1ncn2c1COCC2. The second kappa shape index (κ2) is 3.18. The number of fused-ring (bicyclic) bond motifs is 1. The van der Waals surface area contributed by atoms with Gasteiger partial charge in [0.1, 0.15) is 0 Å². The highest BCUT2D eigenvalue weighted by molar-refractivity contribution is 5.69. The summed E-state index contributed by atoms with van der Waals surface area (Å²) in [4.78, 5) is 14.5. The summed E-state index contributed by atoms with van der Waals surface area (Å²) < 4.78 is 7.17. The fourth-order valence-corrected chi connectivity index (χ4v) is 1.43. The molecule has 0 fully saturated rings. The lowest BCUT2D eigenvalue weighted by atomic mass is 10.2. The largest absolute Gasteiger partial charge is 0.481 e. The number of carboxylic acids is 1. The Kier molecular flexibility index (Phi) is 2.02. The molecule has 13 heavy (non-hydrogen) atoms. The van der Waals surface area contributed by atoms with Crippen molar-refractivity contribution < 1.29 is 14.6 Å². The van der Waals surface area contributed by atoms with E-state index in [-0.39, 0.29) is 6.42 Å². The molecular weight excluding hydrogens is 172 g/mol. The second-order valence-corrected chi connectivity index (χ2v) is 2.95. The summed E-state index contributed by atoms with van der Waals surface area (Å²) in [7, 11) is 0. The number of carbonyl (C=O) groups is 1. The Balaban J connectivity index is 2.26. The van der Waals surface area contributed by atoms with Crippen LogP contribution in [0, 0.1) is 0 Å². The molecule has 0 saturated carbocycles. The molecule has 2 rings (SSSR count). The van der Waals surface area contributed by atoms with Crippen LogP contribution in [0.5, 0.6) is 0 Å². The average molecular weight is 182 g/mol. The maximum absolute atomic E-state index is 10.5. The topological polar surface area (TPSA) is 64.3 Å². The molecule has 1 aromatic heterocycles. The Labute approximate surface area is 75.0 Å². The number of imidazole rings is 1. The van der Waals surface area contributed by atoms with Gasteiger partial charge in [0.2, 0.25) is 0 Å². The Morgan fingerprint density at radius 2 is 2.62 bits per heavy atom. The zero-order valence-electron chi connectivity index (χ0n) is 7.06. The van der Waals surface area contributed by atoms with E-state index >= 15 is 0 Å². The summed E-state index contributed by atoms with van der Waals surface area (Å²) in [5, 5.41) is 8.60. The minimum atomic E-state index is -0.855. The van der Waals surface area contributed by atoms with Crippen LogP contribution in [0.2, 0.25) is 0 Å². The molecule has 70 valence electrons. The number of rotatable bonds is 2. The second-order valence-electron chi connectivity index (χ2n) is 2.95. The van der Waals surface area contributed by atoms with Gasteiger partial charge in [0.25, 0.3) is 0 Å². The summed E-state index contributed by atoms with van der Waals surface area (Å²) in [5.41, 5.74) is 1.51. The molecule has 0 saturated heterocycles. The highest BCUT2D eigenvalue weighted by atomic mass is 16.5. The molecule has 5 nitrogen and oxygen atoms in total. The van der Waals surface area contributed by atoms with E-state index in [0.717, 1.165) is 12.2 Å². The molecule has 0 spiro atoms. The van der Waals surface area contributed by atoms with Gasteiger partial charge < -0.3 is 14.4 Å². The third-order valence-electron chi connectivity index (χ3n) is 2.07. The summed E-state index contributed by atoms with van der Waals surface area (Å²) in [6.45, 7) is 1.92. The van der Waals surface area contributed by atoms with E-state index in [9.17, 15) is 4.79 Å². The molecule has 1 aliphatic rings. The zero-order valence-corrected chi connectivity index (χ0v) is 7.06. The molecule has 0 unspecified atom stereocenters. The summed E-state index contributed by atoms with van der Waals surface area (Å²) in [6.07, 6.45) is 1.65. The minimum Gasteiger partial charge on any atom is -0.481 e. The Morgan fingerprint density at radius 3 is 3.38 bits per heavy atom. The minimum absolute atomic E-state index is 0.0221. The predicted molar refractivity (Wildman–Crippen MR) is 43.2 cm³/mol. The molecule has 1 N–H and O–H groups in total. The van der Waals surface area contributed by atoms with Crippen LogP contribution >= 0.6 is 0 Å². The number of nitrogens with zero attached hydrogens (tertiary/aromatic N) is 2. The Morgan fingerprint density at radius 1 is 1.77 bits per heavy atom. The molecular formula is C8H10N2O3. The third-order valence-corrected chi connectivity index (χ3v) is 2.07. The van der Waals surface area contributed by atoms with Gasteiger partial charge in [-0.1, -0.05) is 0 Å². The van der Waals surface area contributed by atoms with Gasteiger partial charge in [-0.15, -0.1) is 0 Å².